The third-order valence-electron chi connectivity index (χ3n) is 5.38. The Kier molecular flexibility index (Phi) is 7.29. The van der Waals surface area contributed by atoms with Crippen molar-refractivity contribution in [2.75, 3.05) is 37.7 Å². The van der Waals surface area contributed by atoms with Crippen molar-refractivity contribution in [1.82, 2.24) is 20.1 Å². The number of carbonyl (C=O) groups excluding carboxylic acids is 1. The molecule has 3 aromatic heterocycles. The van der Waals surface area contributed by atoms with Crippen LogP contribution in [0, 0.1) is 6.92 Å². The summed E-state index contributed by atoms with van der Waals surface area (Å²) in [4.78, 5) is 26.9. The highest BCUT2D eigenvalue weighted by molar-refractivity contribution is 7.19. The van der Waals surface area contributed by atoms with Gasteiger partial charge in [0.15, 0.2) is 21.6 Å². The third-order valence-corrected chi connectivity index (χ3v) is 7.27. The number of thiazole rings is 2. The van der Waals surface area contributed by atoms with Gasteiger partial charge < -0.3 is 35.1 Å². The molecule has 1 amide bonds. The van der Waals surface area contributed by atoms with Crippen LogP contribution in [0.25, 0.3) is 22.2 Å². The highest BCUT2D eigenvalue weighted by atomic mass is 32.1. The summed E-state index contributed by atoms with van der Waals surface area (Å²) in [6, 6.07) is 10.6. The highest BCUT2D eigenvalue weighted by Gasteiger charge is 2.20. The van der Waals surface area contributed by atoms with Gasteiger partial charge in [0.2, 0.25) is 11.6 Å². The van der Waals surface area contributed by atoms with E-state index >= 15 is 0 Å². The maximum absolute atomic E-state index is 12.5. The van der Waals surface area contributed by atoms with Gasteiger partial charge in [-0.25, -0.2) is 9.97 Å². The Hall–Kier alpha value is -4.69. The van der Waals surface area contributed by atoms with Crippen molar-refractivity contribution in [2.45, 2.75) is 6.92 Å². The fourth-order valence-corrected chi connectivity index (χ4v) is 5.11. The number of nitrogens with zero attached hydrogens (tertiary/aromatic N) is 4. The number of methoxy groups -OCH3 is 3. The molecule has 0 saturated heterocycles. The number of nitrogen functional groups attached to an aromatic ring is 1. The van der Waals surface area contributed by atoms with Gasteiger partial charge in [0.25, 0.3) is 11.8 Å². The van der Waals surface area contributed by atoms with Gasteiger partial charge in [0.05, 0.1) is 21.3 Å². The van der Waals surface area contributed by atoms with Gasteiger partial charge in [-0.1, -0.05) is 28.6 Å². The van der Waals surface area contributed by atoms with E-state index in [9.17, 15) is 4.79 Å². The number of rotatable bonds is 9. The zero-order valence-corrected chi connectivity index (χ0v) is 22.9. The number of hydrogen-bond donors (Lipinski definition) is 3. The van der Waals surface area contributed by atoms with Crippen LogP contribution in [0.15, 0.2) is 47.1 Å². The summed E-state index contributed by atoms with van der Waals surface area (Å²) in [5.74, 6) is 1.94. The van der Waals surface area contributed by atoms with Crippen LogP contribution in [0.4, 0.5) is 22.3 Å². The molecule has 0 fully saturated rings. The first-order valence-electron chi connectivity index (χ1n) is 11.4. The number of ether oxygens (including phenoxy) is 3. The van der Waals surface area contributed by atoms with Gasteiger partial charge in [0.1, 0.15) is 10.7 Å². The second kappa shape index (κ2) is 11.0. The van der Waals surface area contributed by atoms with Gasteiger partial charge in [-0.3, -0.25) is 4.79 Å². The second-order valence-corrected chi connectivity index (χ2v) is 10.2. The van der Waals surface area contributed by atoms with E-state index in [0.29, 0.717) is 55.0 Å². The fraction of sp³-hybridized carbons (Fsp3) is 0.160. The SMILES string of the molecule is COc1cc(Nc2nc(N)c(-c3nc(-c4cccc(NC(=O)c5ncc(C)s5)c4)no3)s2)cc(OC)c1OC. The van der Waals surface area contributed by atoms with Crippen LogP contribution in [-0.4, -0.2) is 47.3 Å². The van der Waals surface area contributed by atoms with Gasteiger partial charge in [0, 0.05) is 40.1 Å². The standard InChI is InChI=1S/C25H23N7O5S2/c1-12-11-27-24(38-12)22(33)28-14-7-5-6-13(8-14)21-31-23(37-32-21)19-20(26)30-25(39-19)29-15-9-16(34-2)18(36-4)17(10-15)35-3/h5-11H,26H2,1-4H3,(H,28,33)(H,29,30). The largest absolute Gasteiger partial charge is 0.493 e. The van der Waals surface area contributed by atoms with Crippen LogP contribution in [0.5, 0.6) is 17.2 Å². The molecule has 0 radical (unpaired) electrons. The van der Waals surface area contributed by atoms with E-state index in [2.05, 4.69) is 30.7 Å². The van der Waals surface area contributed by atoms with E-state index in [1.807, 2.05) is 13.0 Å². The average Bonchev–Trinajstić information content (AvgIpc) is 3.68. The molecule has 2 aromatic carbocycles. The van der Waals surface area contributed by atoms with E-state index in [1.165, 1.54) is 29.8 Å². The molecular formula is C25H23N7O5S2. The van der Waals surface area contributed by atoms with Crippen molar-refractivity contribution in [2.24, 2.45) is 0 Å². The van der Waals surface area contributed by atoms with Crippen molar-refractivity contribution in [3.63, 3.8) is 0 Å². The number of amides is 1. The van der Waals surface area contributed by atoms with Gasteiger partial charge >= 0.3 is 0 Å². The topological polar surface area (TPSA) is 160 Å². The van der Waals surface area contributed by atoms with Crippen molar-refractivity contribution in [3.05, 3.63) is 52.5 Å². The summed E-state index contributed by atoms with van der Waals surface area (Å²) in [5, 5.41) is 11.0. The lowest BCUT2D eigenvalue weighted by molar-refractivity contribution is 0.102. The molecule has 3 heterocycles. The summed E-state index contributed by atoms with van der Waals surface area (Å²) >= 11 is 2.57. The molecule has 0 bridgehead atoms. The first-order valence-corrected chi connectivity index (χ1v) is 13.0. The number of benzene rings is 2. The Bertz CT molecular complexity index is 1620. The Labute approximate surface area is 230 Å². The number of aromatic nitrogens is 4. The minimum absolute atomic E-state index is 0.214. The quantitative estimate of drug-likeness (QED) is 0.215. The second-order valence-electron chi connectivity index (χ2n) is 8.01. The molecule has 12 nitrogen and oxygen atoms in total. The number of nitrogens with one attached hydrogen (secondary N) is 2. The molecule has 0 aliphatic carbocycles. The molecule has 200 valence electrons. The summed E-state index contributed by atoms with van der Waals surface area (Å²) in [5.41, 5.74) is 8.06. The molecule has 5 rings (SSSR count). The van der Waals surface area contributed by atoms with E-state index in [4.69, 9.17) is 24.5 Å². The van der Waals surface area contributed by atoms with Gasteiger partial charge in [-0.05, 0) is 19.1 Å². The monoisotopic (exact) mass is 565 g/mol. The van der Waals surface area contributed by atoms with Crippen molar-refractivity contribution < 1.29 is 23.5 Å². The molecule has 0 atom stereocenters. The van der Waals surface area contributed by atoms with Crippen LogP contribution < -0.4 is 30.6 Å². The zero-order chi connectivity index (χ0) is 27.5. The lowest BCUT2D eigenvalue weighted by atomic mass is 10.2. The van der Waals surface area contributed by atoms with E-state index in [0.717, 1.165) is 4.88 Å². The van der Waals surface area contributed by atoms with Crippen LogP contribution in [0.3, 0.4) is 0 Å². The molecule has 14 heteroatoms. The first-order chi connectivity index (χ1) is 18.9. The maximum Gasteiger partial charge on any atom is 0.284 e. The molecule has 0 saturated carbocycles. The molecule has 0 aliphatic heterocycles. The third kappa shape index (κ3) is 5.46. The van der Waals surface area contributed by atoms with E-state index in [-0.39, 0.29) is 17.6 Å². The Morgan fingerprint density at radius 1 is 1.00 bits per heavy atom. The number of nitrogens with two attached hydrogens (primary N) is 1. The number of aryl methyl sites for hydroxylation is 1. The van der Waals surface area contributed by atoms with Crippen molar-refractivity contribution >= 4 is 50.9 Å². The molecule has 4 N–H and O–H groups in total. The summed E-state index contributed by atoms with van der Waals surface area (Å²) in [7, 11) is 4.62. The average molecular weight is 566 g/mol. The van der Waals surface area contributed by atoms with Crippen LogP contribution >= 0.6 is 22.7 Å². The number of hydrogen-bond acceptors (Lipinski definition) is 13. The lowest BCUT2D eigenvalue weighted by Crippen LogP contribution is -2.11. The lowest BCUT2D eigenvalue weighted by Gasteiger charge is -2.14. The Balaban J connectivity index is 1.35. The predicted octanol–water partition coefficient (Wildman–Crippen LogP) is 5.23. The van der Waals surface area contributed by atoms with Crippen LogP contribution in [-0.2, 0) is 0 Å². The number of anilines is 4. The van der Waals surface area contributed by atoms with Crippen LogP contribution in [0.1, 0.15) is 14.7 Å². The summed E-state index contributed by atoms with van der Waals surface area (Å²) in [6.07, 6.45) is 1.66. The van der Waals surface area contributed by atoms with Gasteiger partial charge in [-0.15, -0.1) is 11.3 Å². The summed E-state index contributed by atoms with van der Waals surface area (Å²) in [6.45, 7) is 1.89. The maximum atomic E-state index is 12.5. The minimum Gasteiger partial charge on any atom is -0.493 e. The fourth-order valence-electron chi connectivity index (χ4n) is 3.63. The molecule has 0 unspecified atom stereocenters. The van der Waals surface area contributed by atoms with Crippen molar-refractivity contribution in [1.29, 1.82) is 0 Å². The first kappa shape index (κ1) is 25.9. The molecule has 0 spiro atoms. The zero-order valence-electron chi connectivity index (χ0n) is 21.3. The molecular weight excluding hydrogens is 542 g/mol. The Morgan fingerprint density at radius 2 is 1.77 bits per heavy atom. The smallest absolute Gasteiger partial charge is 0.284 e. The summed E-state index contributed by atoms with van der Waals surface area (Å²) < 4.78 is 21.7. The highest BCUT2D eigenvalue weighted by Crippen LogP contribution is 2.42. The normalized spacial score (nSPS) is 10.8. The predicted molar refractivity (Wildman–Crippen MR) is 149 cm³/mol. The molecule has 0 aliphatic rings. The van der Waals surface area contributed by atoms with E-state index < -0.39 is 0 Å². The van der Waals surface area contributed by atoms with Crippen LogP contribution in [0.2, 0.25) is 0 Å². The van der Waals surface area contributed by atoms with E-state index in [1.54, 1.807) is 50.7 Å². The minimum atomic E-state index is -0.288. The Morgan fingerprint density at radius 3 is 2.44 bits per heavy atom. The molecule has 39 heavy (non-hydrogen) atoms. The van der Waals surface area contributed by atoms with Gasteiger partial charge in [-0.2, -0.15) is 4.98 Å². The molecule has 5 aromatic rings. The number of carbonyl (C=O) groups is 1. The van der Waals surface area contributed by atoms with Crippen molar-refractivity contribution in [3.8, 4) is 39.4 Å².